The molecule has 0 aliphatic carbocycles. The van der Waals surface area contributed by atoms with Gasteiger partial charge in [0, 0.05) is 49.7 Å². The lowest BCUT2D eigenvalue weighted by atomic mass is 10.1. The molecular weight excluding hydrogens is 564 g/mol. The van der Waals surface area contributed by atoms with Crippen LogP contribution in [0.3, 0.4) is 0 Å². The Morgan fingerprint density at radius 3 is 2.33 bits per heavy atom. The highest BCUT2D eigenvalue weighted by atomic mass is 16.6. The second-order valence-corrected chi connectivity index (χ2v) is 12.3. The number of rotatable bonds is 16. The van der Waals surface area contributed by atoms with Gasteiger partial charge in [0.15, 0.2) is 5.82 Å². The number of hydrogen-bond acceptors (Lipinski definition) is 7. The fourth-order valence-corrected chi connectivity index (χ4v) is 6.36. The quantitative estimate of drug-likeness (QED) is 0.153. The summed E-state index contributed by atoms with van der Waals surface area (Å²) in [4.78, 5) is 36.3. The average Bonchev–Trinajstić information content (AvgIpc) is 3.07. The van der Waals surface area contributed by atoms with E-state index in [2.05, 4.69) is 64.2 Å². The number of anilines is 2. The van der Waals surface area contributed by atoms with Gasteiger partial charge >= 0.3 is 6.09 Å². The number of imide groups is 1. The van der Waals surface area contributed by atoms with Crippen molar-refractivity contribution in [2.75, 3.05) is 55.7 Å². The van der Waals surface area contributed by atoms with Crippen LogP contribution in [-0.2, 0) is 16.0 Å². The molecule has 3 aromatic rings. The van der Waals surface area contributed by atoms with Crippen LogP contribution in [0.2, 0.25) is 0 Å². The first-order chi connectivity index (χ1) is 22.1. The Balaban J connectivity index is 1.01. The average molecular weight is 615 g/mol. The molecule has 45 heavy (non-hydrogen) atoms. The SMILES string of the molecule is CCCCCCCCCCOC(=O)N1C(=O)CCc2ccc(OCCCCN3CCN(c4cccc5ccccc45)CC3)nc21. The van der Waals surface area contributed by atoms with E-state index in [0.717, 1.165) is 75.3 Å². The third-order valence-electron chi connectivity index (χ3n) is 9.00. The molecule has 0 radical (unpaired) electrons. The molecular formula is C37H50N4O4. The summed E-state index contributed by atoms with van der Waals surface area (Å²) in [6, 6.07) is 18.9. The third-order valence-corrected chi connectivity index (χ3v) is 9.00. The minimum absolute atomic E-state index is 0.270. The number of ether oxygens (including phenoxy) is 2. The van der Waals surface area contributed by atoms with Crippen molar-refractivity contribution in [3.63, 3.8) is 0 Å². The van der Waals surface area contributed by atoms with E-state index in [4.69, 9.17) is 9.47 Å². The lowest BCUT2D eigenvalue weighted by Crippen LogP contribution is -2.46. The Hall–Kier alpha value is -3.65. The maximum atomic E-state index is 12.9. The number of hydrogen-bond donors (Lipinski definition) is 0. The fraction of sp³-hybridized carbons (Fsp3) is 0.541. The van der Waals surface area contributed by atoms with Gasteiger partial charge in [0.25, 0.3) is 0 Å². The van der Waals surface area contributed by atoms with Crippen LogP contribution >= 0.6 is 0 Å². The summed E-state index contributed by atoms with van der Waals surface area (Å²) >= 11 is 0. The minimum Gasteiger partial charge on any atom is -0.478 e. The zero-order valence-corrected chi connectivity index (χ0v) is 27.1. The van der Waals surface area contributed by atoms with E-state index in [1.165, 1.54) is 48.6 Å². The van der Waals surface area contributed by atoms with Crippen LogP contribution in [-0.4, -0.2) is 67.8 Å². The third kappa shape index (κ3) is 9.19. The highest BCUT2D eigenvalue weighted by molar-refractivity contribution is 6.13. The van der Waals surface area contributed by atoms with Crippen LogP contribution in [0.1, 0.15) is 83.1 Å². The summed E-state index contributed by atoms with van der Waals surface area (Å²) in [5.74, 6) is 0.524. The molecule has 2 aliphatic heterocycles. The van der Waals surface area contributed by atoms with Crippen molar-refractivity contribution >= 4 is 34.3 Å². The molecule has 1 aromatic heterocycles. The molecule has 2 amide bonds. The normalized spacial score (nSPS) is 15.4. The number of nitrogens with zero attached hydrogens (tertiary/aromatic N) is 4. The van der Waals surface area contributed by atoms with Crippen LogP contribution in [0.4, 0.5) is 16.3 Å². The molecule has 2 aromatic carbocycles. The lowest BCUT2D eigenvalue weighted by molar-refractivity contribution is -0.118. The standard InChI is InChI=1S/C37H50N4O4/c1-2-3-4-5-6-7-8-12-29-45-37(43)41-35(42)22-20-31-19-21-34(38-36(31)41)44-28-13-11-23-39-24-26-40(27-25-39)33-18-14-16-30-15-9-10-17-32(30)33/h9-10,14-19,21H,2-8,11-13,20,22-29H2,1H3. The summed E-state index contributed by atoms with van der Waals surface area (Å²) in [6.45, 7) is 8.28. The van der Waals surface area contributed by atoms with E-state index in [9.17, 15) is 9.59 Å². The minimum atomic E-state index is -0.630. The number of aromatic nitrogens is 1. The highest BCUT2D eigenvalue weighted by Gasteiger charge is 2.32. The van der Waals surface area contributed by atoms with Gasteiger partial charge in [-0.15, -0.1) is 0 Å². The van der Waals surface area contributed by atoms with Gasteiger partial charge in [-0.1, -0.05) is 88.3 Å². The van der Waals surface area contributed by atoms with Crippen molar-refractivity contribution < 1.29 is 19.1 Å². The van der Waals surface area contributed by atoms with Gasteiger partial charge < -0.3 is 14.4 Å². The van der Waals surface area contributed by atoms with Crippen molar-refractivity contribution in [1.82, 2.24) is 9.88 Å². The molecule has 1 saturated heterocycles. The van der Waals surface area contributed by atoms with Gasteiger partial charge in [-0.3, -0.25) is 9.69 Å². The molecule has 0 bridgehead atoms. The van der Waals surface area contributed by atoms with Gasteiger partial charge in [-0.2, -0.15) is 9.88 Å². The number of amides is 2. The number of carbonyl (C=O) groups excluding carboxylic acids is 2. The van der Waals surface area contributed by atoms with E-state index in [-0.39, 0.29) is 12.3 Å². The zero-order valence-electron chi connectivity index (χ0n) is 27.1. The predicted molar refractivity (Wildman–Crippen MR) is 181 cm³/mol. The van der Waals surface area contributed by atoms with Gasteiger partial charge in [0.05, 0.1) is 13.2 Å². The van der Waals surface area contributed by atoms with Crippen LogP contribution in [0.5, 0.6) is 5.88 Å². The molecule has 0 atom stereocenters. The van der Waals surface area contributed by atoms with Gasteiger partial charge in [0.2, 0.25) is 11.8 Å². The second-order valence-electron chi connectivity index (χ2n) is 12.3. The number of benzene rings is 2. The molecule has 242 valence electrons. The number of unbranched alkanes of at least 4 members (excludes halogenated alkanes) is 8. The zero-order chi connectivity index (χ0) is 31.3. The Morgan fingerprint density at radius 1 is 0.778 bits per heavy atom. The number of piperazine rings is 1. The molecule has 0 saturated carbocycles. The molecule has 0 N–H and O–H groups in total. The van der Waals surface area contributed by atoms with Crippen LogP contribution in [0, 0.1) is 0 Å². The van der Waals surface area contributed by atoms with E-state index in [1.807, 2.05) is 12.1 Å². The topological polar surface area (TPSA) is 75.2 Å². The number of fused-ring (bicyclic) bond motifs is 2. The van der Waals surface area contributed by atoms with E-state index in [1.54, 1.807) is 0 Å². The molecule has 0 spiro atoms. The maximum Gasteiger partial charge on any atom is 0.422 e. The van der Waals surface area contributed by atoms with Crippen molar-refractivity contribution in [3.05, 3.63) is 60.2 Å². The van der Waals surface area contributed by atoms with Crippen molar-refractivity contribution in [3.8, 4) is 5.88 Å². The van der Waals surface area contributed by atoms with Crippen molar-refractivity contribution in [1.29, 1.82) is 0 Å². The predicted octanol–water partition coefficient (Wildman–Crippen LogP) is 7.77. The van der Waals surface area contributed by atoms with Crippen molar-refractivity contribution in [2.24, 2.45) is 0 Å². The first kappa shape index (κ1) is 32.7. The molecule has 2 aliphatic rings. The van der Waals surface area contributed by atoms with E-state index in [0.29, 0.717) is 31.3 Å². The number of pyridine rings is 1. The fourth-order valence-electron chi connectivity index (χ4n) is 6.36. The molecule has 8 nitrogen and oxygen atoms in total. The van der Waals surface area contributed by atoms with Crippen LogP contribution in [0.15, 0.2) is 54.6 Å². The monoisotopic (exact) mass is 614 g/mol. The molecule has 8 heteroatoms. The summed E-state index contributed by atoms with van der Waals surface area (Å²) in [6.07, 6.45) is 11.5. The van der Waals surface area contributed by atoms with Gasteiger partial charge in [-0.05, 0) is 55.3 Å². The molecule has 5 rings (SSSR count). The first-order valence-electron chi connectivity index (χ1n) is 17.2. The summed E-state index contributed by atoms with van der Waals surface area (Å²) in [7, 11) is 0. The molecule has 3 heterocycles. The largest absolute Gasteiger partial charge is 0.478 e. The Kier molecular flexibility index (Phi) is 12.5. The summed E-state index contributed by atoms with van der Waals surface area (Å²) in [5.41, 5.74) is 2.20. The van der Waals surface area contributed by atoms with Crippen molar-refractivity contribution in [2.45, 2.75) is 84.0 Å². The highest BCUT2D eigenvalue weighted by Crippen LogP contribution is 2.30. The van der Waals surface area contributed by atoms with Gasteiger partial charge in [0.1, 0.15) is 0 Å². The Bertz CT molecular complexity index is 1380. The first-order valence-corrected chi connectivity index (χ1v) is 17.2. The van der Waals surface area contributed by atoms with Gasteiger partial charge in [-0.25, -0.2) is 4.79 Å². The molecule has 0 unspecified atom stereocenters. The smallest absolute Gasteiger partial charge is 0.422 e. The van der Waals surface area contributed by atoms with Crippen LogP contribution < -0.4 is 14.5 Å². The Morgan fingerprint density at radius 2 is 1.51 bits per heavy atom. The number of carbonyl (C=O) groups is 2. The Labute approximate surface area is 268 Å². The van der Waals surface area contributed by atoms with E-state index >= 15 is 0 Å². The molecule has 1 fully saturated rings. The lowest BCUT2D eigenvalue weighted by Gasteiger charge is -2.36. The van der Waals surface area contributed by atoms with E-state index < -0.39 is 6.09 Å². The number of aryl methyl sites for hydroxylation is 1. The summed E-state index contributed by atoms with van der Waals surface area (Å²) < 4.78 is 11.5. The second kappa shape index (κ2) is 17.2. The summed E-state index contributed by atoms with van der Waals surface area (Å²) in [5, 5.41) is 2.61. The van der Waals surface area contributed by atoms with Crippen LogP contribution in [0.25, 0.3) is 10.8 Å². The maximum absolute atomic E-state index is 12.9.